The number of nitrogens with two attached hydrogens (primary N) is 1. The molecular formula is C14H15N3O. The van der Waals surface area contributed by atoms with Crippen LogP contribution >= 0.6 is 0 Å². The van der Waals surface area contributed by atoms with Crippen molar-refractivity contribution in [3.8, 4) is 0 Å². The number of hydrogen-bond acceptors (Lipinski definition) is 3. The highest BCUT2D eigenvalue weighted by atomic mass is 16.1. The zero-order chi connectivity index (χ0) is 12.6. The Bertz CT molecular complexity index is 600. The Labute approximate surface area is 105 Å². The fourth-order valence-corrected chi connectivity index (χ4v) is 2.14. The van der Waals surface area contributed by atoms with Crippen molar-refractivity contribution < 1.29 is 4.79 Å². The van der Waals surface area contributed by atoms with Crippen molar-refractivity contribution in [3.05, 3.63) is 42.1 Å². The normalized spacial score (nSPS) is 16.5. The number of nitrogens with one attached hydrogen (secondary N) is 1. The second-order valence-corrected chi connectivity index (χ2v) is 4.81. The van der Waals surface area contributed by atoms with Crippen LogP contribution in [0.25, 0.3) is 10.9 Å². The largest absolute Gasteiger partial charge is 0.345 e. The zero-order valence-corrected chi connectivity index (χ0v) is 10.0. The highest BCUT2D eigenvalue weighted by Gasteiger charge is 2.42. The molecule has 1 aromatic carbocycles. The van der Waals surface area contributed by atoms with Crippen molar-refractivity contribution in [2.75, 3.05) is 6.54 Å². The summed E-state index contributed by atoms with van der Waals surface area (Å²) in [4.78, 5) is 16.5. The van der Waals surface area contributed by atoms with E-state index in [2.05, 4.69) is 10.3 Å². The van der Waals surface area contributed by atoms with Gasteiger partial charge in [0, 0.05) is 23.7 Å². The summed E-state index contributed by atoms with van der Waals surface area (Å²) < 4.78 is 0. The lowest BCUT2D eigenvalue weighted by atomic mass is 10.1. The maximum Gasteiger partial charge on any atom is 0.252 e. The highest BCUT2D eigenvalue weighted by molar-refractivity contribution is 6.06. The van der Waals surface area contributed by atoms with Gasteiger partial charge in [0.25, 0.3) is 5.91 Å². The lowest BCUT2D eigenvalue weighted by molar-refractivity contribution is 0.0934. The van der Waals surface area contributed by atoms with Crippen LogP contribution in [0.4, 0.5) is 0 Å². The van der Waals surface area contributed by atoms with Crippen LogP contribution in [-0.4, -0.2) is 23.0 Å². The Morgan fingerprint density at radius 3 is 2.89 bits per heavy atom. The number of benzene rings is 1. The van der Waals surface area contributed by atoms with E-state index in [1.165, 1.54) is 0 Å². The zero-order valence-electron chi connectivity index (χ0n) is 10.0. The number of rotatable bonds is 3. The Kier molecular flexibility index (Phi) is 2.52. The molecule has 3 rings (SSSR count). The van der Waals surface area contributed by atoms with Crippen LogP contribution < -0.4 is 11.1 Å². The monoisotopic (exact) mass is 241 g/mol. The summed E-state index contributed by atoms with van der Waals surface area (Å²) >= 11 is 0. The standard InChI is InChI=1S/C14H15N3O/c15-9-14(6-7-14)17-13(18)11-3-1-5-12-10(11)4-2-8-16-12/h1-5,8H,6-7,9,15H2,(H,17,18). The van der Waals surface area contributed by atoms with E-state index in [-0.39, 0.29) is 11.4 Å². The van der Waals surface area contributed by atoms with Crippen LogP contribution in [0, 0.1) is 0 Å². The van der Waals surface area contributed by atoms with E-state index < -0.39 is 0 Å². The second kappa shape index (κ2) is 4.07. The van der Waals surface area contributed by atoms with Gasteiger partial charge in [-0.15, -0.1) is 0 Å². The minimum atomic E-state index is -0.165. The van der Waals surface area contributed by atoms with E-state index in [9.17, 15) is 4.79 Å². The lowest BCUT2D eigenvalue weighted by Gasteiger charge is -2.15. The van der Waals surface area contributed by atoms with Crippen molar-refractivity contribution >= 4 is 16.8 Å². The highest BCUT2D eigenvalue weighted by Crippen LogP contribution is 2.34. The third-order valence-electron chi connectivity index (χ3n) is 3.51. The first-order valence-corrected chi connectivity index (χ1v) is 6.10. The molecule has 1 aliphatic carbocycles. The van der Waals surface area contributed by atoms with Gasteiger partial charge in [-0.25, -0.2) is 0 Å². The Morgan fingerprint density at radius 2 is 2.17 bits per heavy atom. The van der Waals surface area contributed by atoms with Crippen LogP contribution in [0.15, 0.2) is 36.5 Å². The van der Waals surface area contributed by atoms with Crippen LogP contribution in [0.2, 0.25) is 0 Å². The smallest absolute Gasteiger partial charge is 0.252 e. The predicted octanol–water partition coefficient (Wildman–Crippen LogP) is 1.46. The third kappa shape index (κ3) is 1.84. The summed E-state index contributed by atoms with van der Waals surface area (Å²) in [5.74, 6) is -0.0587. The van der Waals surface area contributed by atoms with Crippen molar-refractivity contribution in [2.24, 2.45) is 5.73 Å². The number of aromatic nitrogens is 1. The van der Waals surface area contributed by atoms with Gasteiger partial charge in [-0.1, -0.05) is 12.1 Å². The molecule has 4 heteroatoms. The van der Waals surface area contributed by atoms with Crippen LogP contribution in [0.3, 0.4) is 0 Å². The van der Waals surface area contributed by atoms with E-state index in [0.29, 0.717) is 12.1 Å². The molecule has 1 saturated carbocycles. The van der Waals surface area contributed by atoms with Crippen LogP contribution in [0.1, 0.15) is 23.2 Å². The molecule has 3 N–H and O–H groups in total. The summed E-state index contributed by atoms with van der Waals surface area (Å²) in [5.41, 5.74) is 7.02. The molecule has 1 aromatic heterocycles. The summed E-state index contributed by atoms with van der Waals surface area (Å²) in [5, 5.41) is 3.91. The van der Waals surface area contributed by atoms with Crippen LogP contribution in [-0.2, 0) is 0 Å². The summed E-state index contributed by atoms with van der Waals surface area (Å²) in [6.07, 6.45) is 3.67. The Balaban J connectivity index is 1.96. The first kappa shape index (κ1) is 11.2. The van der Waals surface area contributed by atoms with Gasteiger partial charge in [-0.05, 0) is 31.0 Å². The molecule has 1 amide bonds. The molecule has 0 aliphatic heterocycles. The van der Waals surface area contributed by atoms with Gasteiger partial charge in [0.1, 0.15) is 0 Å². The molecule has 1 heterocycles. The summed E-state index contributed by atoms with van der Waals surface area (Å²) in [7, 11) is 0. The summed E-state index contributed by atoms with van der Waals surface area (Å²) in [6, 6.07) is 9.34. The van der Waals surface area contributed by atoms with E-state index in [0.717, 1.165) is 23.7 Å². The van der Waals surface area contributed by atoms with Gasteiger partial charge >= 0.3 is 0 Å². The van der Waals surface area contributed by atoms with E-state index in [1.807, 2.05) is 30.3 Å². The number of fused-ring (bicyclic) bond motifs is 1. The molecule has 0 spiro atoms. The van der Waals surface area contributed by atoms with Gasteiger partial charge < -0.3 is 11.1 Å². The first-order valence-electron chi connectivity index (χ1n) is 6.10. The number of nitrogens with zero attached hydrogens (tertiary/aromatic N) is 1. The second-order valence-electron chi connectivity index (χ2n) is 4.81. The molecule has 0 atom stereocenters. The van der Waals surface area contributed by atoms with Gasteiger partial charge in [0.2, 0.25) is 0 Å². The summed E-state index contributed by atoms with van der Waals surface area (Å²) in [6.45, 7) is 0.502. The molecule has 18 heavy (non-hydrogen) atoms. The quantitative estimate of drug-likeness (QED) is 0.854. The van der Waals surface area contributed by atoms with Gasteiger partial charge in [0.15, 0.2) is 0 Å². The molecule has 0 radical (unpaired) electrons. The van der Waals surface area contributed by atoms with Gasteiger partial charge in [-0.3, -0.25) is 9.78 Å². The van der Waals surface area contributed by atoms with E-state index in [1.54, 1.807) is 6.20 Å². The number of amides is 1. The van der Waals surface area contributed by atoms with Crippen molar-refractivity contribution in [1.29, 1.82) is 0 Å². The topological polar surface area (TPSA) is 68.0 Å². The first-order chi connectivity index (χ1) is 8.74. The molecule has 4 nitrogen and oxygen atoms in total. The van der Waals surface area contributed by atoms with Crippen molar-refractivity contribution in [2.45, 2.75) is 18.4 Å². The molecule has 92 valence electrons. The SMILES string of the molecule is NCC1(NC(=O)c2cccc3ncccc23)CC1. The molecule has 1 aliphatic rings. The number of carbonyl (C=O) groups excluding carboxylic acids is 1. The maximum atomic E-state index is 12.3. The molecule has 1 fully saturated rings. The van der Waals surface area contributed by atoms with E-state index >= 15 is 0 Å². The molecule has 0 bridgehead atoms. The van der Waals surface area contributed by atoms with Gasteiger partial charge in [-0.2, -0.15) is 0 Å². The minimum absolute atomic E-state index is 0.0587. The average molecular weight is 241 g/mol. The Morgan fingerprint density at radius 1 is 1.33 bits per heavy atom. The molecule has 2 aromatic rings. The van der Waals surface area contributed by atoms with Crippen molar-refractivity contribution in [1.82, 2.24) is 10.3 Å². The van der Waals surface area contributed by atoms with Crippen LogP contribution in [0.5, 0.6) is 0 Å². The van der Waals surface area contributed by atoms with Crippen molar-refractivity contribution in [3.63, 3.8) is 0 Å². The number of hydrogen-bond donors (Lipinski definition) is 2. The fourth-order valence-electron chi connectivity index (χ4n) is 2.14. The molecule has 0 saturated heterocycles. The average Bonchev–Trinajstić information content (AvgIpc) is 3.18. The third-order valence-corrected chi connectivity index (χ3v) is 3.51. The molecule has 0 unspecified atom stereocenters. The fraction of sp³-hybridized carbons (Fsp3) is 0.286. The number of pyridine rings is 1. The predicted molar refractivity (Wildman–Crippen MR) is 70.2 cm³/mol. The number of carbonyl (C=O) groups is 1. The van der Waals surface area contributed by atoms with E-state index in [4.69, 9.17) is 5.73 Å². The molecular weight excluding hydrogens is 226 g/mol. The Hall–Kier alpha value is -1.94. The lowest BCUT2D eigenvalue weighted by Crippen LogP contribution is -2.42. The minimum Gasteiger partial charge on any atom is -0.345 e. The van der Waals surface area contributed by atoms with Gasteiger partial charge in [0.05, 0.1) is 11.1 Å². The maximum absolute atomic E-state index is 12.3.